The van der Waals surface area contributed by atoms with Crippen molar-refractivity contribution in [2.75, 3.05) is 19.6 Å². The normalized spacial score (nSPS) is 20.3. The molecule has 0 amide bonds. The monoisotopic (exact) mass is 348 g/mol. The Morgan fingerprint density at radius 3 is 2.48 bits per heavy atom. The van der Waals surface area contributed by atoms with E-state index in [4.69, 9.17) is 23.2 Å². The number of nitrogens with one attached hydrogen (secondary N) is 1. The molecule has 0 radical (unpaired) electrons. The van der Waals surface area contributed by atoms with Crippen molar-refractivity contribution in [2.24, 2.45) is 5.92 Å². The summed E-state index contributed by atoms with van der Waals surface area (Å²) in [5, 5.41) is 5.08. The third-order valence-electron chi connectivity index (χ3n) is 4.41. The maximum absolute atomic E-state index is 6.26. The molecule has 0 atom stereocenters. The summed E-state index contributed by atoms with van der Waals surface area (Å²) in [6.45, 7) is 4.43. The van der Waals surface area contributed by atoms with E-state index < -0.39 is 0 Å². The molecule has 0 aromatic heterocycles. The first-order valence-corrected chi connectivity index (χ1v) is 8.36. The fourth-order valence-electron chi connectivity index (χ4n) is 2.86. The van der Waals surface area contributed by atoms with Gasteiger partial charge in [-0.15, -0.1) is 12.4 Å². The Kier molecular flexibility index (Phi) is 6.64. The molecule has 2 fully saturated rings. The molecule has 0 spiro atoms. The lowest BCUT2D eigenvalue weighted by Crippen LogP contribution is -2.42. The molecule has 0 unspecified atom stereocenters. The van der Waals surface area contributed by atoms with E-state index in [1.807, 2.05) is 12.1 Å². The van der Waals surface area contributed by atoms with Crippen molar-refractivity contribution >= 4 is 35.6 Å². The summed E-state index contributed by atoms with van der Waals surface area (Å²) in [4.78, 5) is 2.48. The van der Waals surface area contributed by atoms with Gasteiger partial charge in [0.15, 0.2) is 0 Å². The van der Waals surface area contributed by atoms with E-state index in [1.165, 1.54) is 32.2 Å². The van der Waals surface area contributed by atoms with Crippen molar-refractivity contribution in [3.8, 4) is 0 Å². The predicted molar refractivity (Wildman–Crippen MR) is 92.7 cm³/mol. The van der Waals surface area contributed by atoms with Gasteiger partial charge in [-0.05, 0) is 62.9 Å². The van der Waals surface area contributed by atoms with Gasteiger partial charge < -0.3 is 5.32 Å². The molecule has 118 valence electrons. The first-order valence-electron chi connectivity index (χ1n) is 7.61. The SMILES string of the molecule is Cl.Clc1cccc(CN2CCC(NCC3CC3)CC2)c1Cl. The van der Waals surface area contributed by atoms with Crippen molar-refractivity contribution in [1.82, 2.24) is 10.2 Å². The highest BCUT2D eigenvalue weighted by molar-refractivity contribution is 6.42. The Hall–Kier alpha value is 0.01000. The van der Waals surface area contributed by atoms with E-state index in [9.17, 15) is 0 Å². The van der Waals surface area contributed by atoms with Crippen LogP contribution in [0, 0.1) is 5.92 Å². The largest absolute Gasteiger partial charge is 0.314 e. The molecule has 21 heavy (non-hydrogen) atoms. The number of halogens is 3. The quantitative estimate of drug-likeness (QED) is 0.848. The van der Waals surface area contributed by atoms with Gasteiger partial charge in [-0.2, -0.15) is 0 Å². The van der Waals surface area contributed by atoms with Gasteiger partial charge in [-0.1, -0.05) is 35.3 Å². The third kappa shape index (κ3) is 5.01. The van der Waals surface area contributed by atoms with E-state index in [0.29, 0.717) is 16.1 Å². The number of benzene rings is 1. The van der Waals surface area contributed by atoms with Crippen LogP contribution in [0.1, 0.15) is 31.2 Å². The summed E-state index contributed by atoms with van der Waals surface area (Å²) in [7, 11) is 0. The summed E-state index contributed by atoms with van der Waals surface area (Å²) >= 11 is 12.3. The molecule has 1 heterocycles. The van der Waals surface area contributed by atoms with E-state index in [2.05, 4.69) is 16.3 Å². The van der Waals surface area contributed by atoms with Gasteiger partial charge in [0.05, 0.1) is 10.0 Å². The lowest BCUT2D eigenvalue weighted by molar-refractivity contribution is 0.190. The van der Waals surface area contributed by atoms with Crippen molar-refractivity contribution in [2.45, 2.75) is 38.3 Å². The van der Waals surface area contributed by atoms with Crippen LogP contribution in [0.3, 0.4) is 0 Å². The van der Waals surface area contributed by atoms with Gasteiger partial charge >= 0.3 is 0 Å². The first kappa shape index (κ1) is 17.4. The molecule has 1 aliphatic heterocycles. The summed E-state index contributed by atoms with van der Waals surface area (Å²) in [5.41, 5.74) is 1.14. The van der Waals surface area contributed by atoms with Crippen LogP contribution in [0.5, 0.6) is 0 Å². The number of piperidine rings is 1. The van der Waals surface area contributed by atoms with Crippen LogP contribution in [-0.2, 0) is 6.54 Å². The Bertz CT molecular complexity index is 455. The second kappa shape index (κ2) is 8.03. The molecule has 1 aromatic carbocycles. The Morgan fingerprint density at radius 2 is 1.81 bits per heavy atom. The molecule has 1 aliphatic carbocycles. The Balaban J connectivity index is 0.00000161. The van der Waals surface area contributed by atoms with E-state index in [1.54, 1.807) is 0 Å². The minimum Gasteiger partial charge on any atom is -0.314 e. The van der Waals surface area contributed by atoms with Crippen LogP contribution in [0.4, 0.5) is 0 Å². The number of hydrogen-bond donors (Lipinski definition) is 1. The molecular formula is C16H23Cl3N2. The third-order valence-corrected chi connectivity index (χ3v) is 5.26. The van der Waals surface area contributed by atoms with Crippen molar-refractivity contribution < 1.29 is 0 Å². The maximum atomic E-state index is 6.26. The fraction of sp³-hybridized carbons (Fsp3) is 0.625. The molecule has 1 N–H and O–H groups in total. The first-order chi connectivity index (χ1) is 9.72. The maximum Gasteiger partial charge on any atom is 0.0637 e. The van der Waals surface area contributed by atoms with Crippen LogP contribution in [0.2, 0.25) is 10.0 Å². The lowest BCUT2D eigenvalue weighted by atomic mass is 10.0. The smallest absolute Gasteiger partial charge is 0.0637 e. The summed E-state index contributed by atoms with van der Waals surface area (Å²) in [6.07, 6.45) is 5.34. The highest BCUT2D eigenvalue weighted by Gasteiger charge is 2.24. The number of nitrogens with zero attached hydrogens (tertiary/aromatic N) is 1. The second-order valence-electron chi connectivity index (χ2n) is 6.11. The van der Waals surface area contributed by atoms with E-state index in [-0.39, 0.29) is 12.4 Å². The van der Waals surface area contributed by atoms with Gasteiger partial charge in [0.2, 0.25) is 0 Å². The molecule has 1 saturated heterocycles. The molecule has 0 bridgehead atoms. The molecule has 3 rings (SSSR count). The zero-order valence-electron chi connectivity index (χ0n) is 12.2. The number of hydrogen-bond acceptors (Lipinski definition) is 2. The fourth-order valence-corrected chi connectivity index (χ4v) is 3.24. The summed E-state index contributed by atoms with van der Waals surface area (Å²) < 4.78 is 0. The second-order valence-corrected chi connectivity index (χ2v) is 6.90. The van der Waals surface area contributed by atoms with Gasteiger partial charge in [0, 0.05) is 12.6 Å². The van der Waals surface area contributed by atoms with Crippen LogP contribution in [0.15, 0.2) is 18.2 Å². The van der Waals surface area contributed by atoms with E-state index >= 15 is 0 Å². The van der Waals surface area contributed by atoms with Crippen LogP contribution in [0.25, 0.3) is 0 Å². The average molecular weight is 350 g/mol. The lowest BCUT2D eigenvalue weighted by Gasteiger charge is -2.32. The molecule has 5 heteroatoms. The van der Waals surface area contributed by atoms with E-state index in [0.717, 1.165) is 31.1 Å². The summed E-state index contributed by atoms with van der Waals surface area (Å²) in [5.74, 6) is 0.971. The molecule has 2 nitrogen and oxygen atoms in total. The zero-order chi connectivity index (χ0) is 13.9. The number of likely N-dealkylation sites (tertiary alicyclic amines) is 1. The molecule has 1 aromatic rings. The van der Waals surface area contributed by atoms with Crippen molar-refractivity contribution in [1.29, 1.82) is 0 Å². The van der Waals surface area contributed by atoms with Crippen LogP contribution >= 0.6 is 35.6 Å². The topological polar surface area (TPSA) is 15.3 Å². The number of rotatable bonds is 5. The van der Waals surface area contributed by atoms with Crippen LogP contribution in [-0.4, -0.2) is 30.6 Å². The van der Waals surface area contributed by atoms with Gasteiger partial charge in [-0.25, -0.2) is 0 Å². The molecule has 2 aliphatic rings. The average Bonchev–Trinajstić information content (AvgIpc) is 3.27. The highest BCUT2D eigenvalue weighted by Crippen LogP contribution is 2.29. The standard InChI is InChI=1S/C16H22Cl2N2.ClH/c17-15-3-1-2-13(16(15)18)11-20-8-6-14(7-9-20)19-10-12-4-5-12;/h1-3,12,14,19H,4-11H2;1H. The highest BCUT2D eigenvalue weighted by atomic mass is 35.5. The molecule has 1 saturated carbocycles. The minimum absolute atomic E-state index is 0. The van der Waals surface area contributed by atoms with Gasteiger partial charge in [0.1, 0.15) is 0 Å². The minimum atomic E-state index is 0. The molecular weight excluding hydrogens is 327 g/mol. The predicted octanol–water partition coefficient (Wildman–Crippen LogP) is 4.38. The van der Waals surface area contributed by atoms with Gasteiger partial charge in [-0.3, -0.25) is 4.90 Å². The zero-order valence-corrected chi connectivity index (χ0v) is 14.5. The Morgan fingerprint density at radius 1 is 1.10 bits per heavy atom. The van der Waals surface area contributed by atoms with Crippen molar-refractivity contribution in [3.63, 3.8) is 0 Å². The Labute approximate surface area is 143 Å². The van der Waals surface area contributed by atoms with Gasteiger partial charge in [0.25, 0.3) is 0 Å². The van der Waals surface area contributed by atoms with Crippen LogP contribution < -0.4 is 5.32 Å². The summed E-state index contributed by atoms with van der Waals surface area (Å²) in [6, 6.07) is 6.61. The van der Waals surface area contributed by atoms with Crippen molar-refractivity contribution in [3.05, 3.63) is 33.8 Å².